The van der Waals surface area contributed by atoms with Gasteiger partial charge in [0.1, 0.15) is 11.4 Å². The average molecular weight is 350 g/mol. The lowest BCUT2D eigenvalue weighted by molar-refractivity contribution is 0.110. The molecule has 1 aliphatic rings. The van der Waals surface area contributed by atoms with Crippen LogP contribution in [0.15, 0.2) is 54.7 Å². The number of para-hydroxylation sites is 2. The summed E-state index contributed by atoms with van der Waals surface area (Å²) in [4.78, 5) is 2.17. The molecule has 1 aromatic heterocycles. The van der Waals surface area contributed by atoms with Crippen molar-refractivity contribution in [2.75, 3.05) is 25.2 Å². The van der Waals surface area contributed by atoms with Gasteiger partial charge >= 0.3 is 0 Å². The number of methoxy groups -OCH3 is 1. The fraction of sp³-hybridized carbons (Fsp3) is 0.300. The predicted molar refractivity (Wildman–Crippen MR) is 99.3 cm³/mol. The lowest BCUT2D eigenvalue weighted by Crippen LogP contribution is -2.24. The summed E-state index contributed by atoms with van der Waals surface area (Å²) < 4.78 is 13.3. The molecule has 3 aromatic rings. The number of benzene rings is 2. The number of hydrogen-bond acceptors (Lipinski definition) is 5. The maximum Gasteiger partial charge on any atom is 0.177 e. The van der Waals surface area contributed by atoms with E-state index in [4.69, 9.17) is 9.47 Å². The number of rotatable bonds is 5. The van der Waals surface area contributed by atoms with Crippen LogP contribution in [-0.2, 0) is 11.3 Å². The largest absolute Gasteiger partial charge is 0.495 e. The van der Waals surface area contributed by atoms with Gasteiger partial charge in [-0.05, 0) is 24.6 Å². The topological polar surface area (TPSA) is 52.4 Å². The Balaban J connectivity index is 1.56. The third kappa shape index (κ3) is 3.28. The van der Waals surface area contributed by atoms with Crippen molar-refractivity contribution in [1.82, 2.24) is 15.0 Å². The number of hydrogen-bond donors (Lipinski definition) is 0. The van der Waals surface area contributed by atoms with Crippen LogP contribution in [0.5, 0.6) is 5.75 Å². The second-order valence-corrected chi connectivity index (χ2v) is 6.42. The van der Waals surface area contributed by atoms with Crippen molar-refractivity contribution in [3.63, 3.8) is 0 Å². The van der Waals surface area contributed by atoms with Crippen LogP contribution >= 0.6 is 0 Å². The predicted octanol–water partition coefficient (Wildman–Crippen LogP) is 3.18. The smallest absolute Gasteiger partial charge is 0.177 e. The third-order valence-corrected chi connectivity index (χ3v) is 4.52. The maximum atomic E-state index is 5.94. The highest BCUT2D eigenvalue weighted by atomic mass is 16.5. The minimum atomic E-state index is -0.252. The molecule has 0 saturated carbocycles. The molecule has 1 fully saturated rings. The molecule has 26 heavy (non-hydrogen) atoms. The van der Waals surface area contributed by atoms with Crippen molar-refractivity contribution in [1.29, 1.82) is 0 Å². The molecule has 0 amide bonds. The van der Waals surface area contributed by atoms with Crippen molar-refractivity contribution in [2.45, 2.75) is 19.7 Å². The highest BCUT2D eigenvalue weighted by Crippen LogP contribution is 2.36. The second kappa shape index (κ2) is 7.17. The van der Waals surface area contributed by atoms with Gasteiger partial charge in [0, 0.05) is 6.54 Å². The number of aryl methyl sites for hydroxylation is 1. The Bertz CT molecular complexity index is 893. The van der Waals surface area contributed by atoms with E-state index in [1.165, 1.54) is 11.1 Å². The van der Waals surface area contributed by atoms with Gasteiger partial charge in [0.2, 0.25) is 0 Å². The Hall–Kier alpha value is -2.86. The van der Waals surface area contributed by atoms with Crippen LogP contribution in [0.25, 0.3) is 0 Å². The normalized spacial score (nSPS) is 16.8. The molecule has 4 rings (SSSR count). The number of nitrogens with zero attached hydrogens (tertiary/aromatic N) is 4. The van der Waals surface area contributed by atoms with E-state index in [9.17, 15) is 0 Å². The average Bonchev–Trinajstić information content (AvgIpc) is 3.30. The highest BCUT2D eigenvalue weighted by molar-refractivity contribution is 5.59. The van der Waals surface area contributed by atoms with E-state index in [2.05, 4.69) is 46.4 Å². The Kier molecular flexibility index (Phi) is 4.58. The van der Waals surface area contributed by atoms with Crippen LogP contribution in [-0.4, -0.2) is 35.3 Å². The van der Waals surface area contributed by atoms with E-state index in [1.54, 1.807) is 7.11 Å². The lowest BCUT2D eigenvalue weighted by Gasteiger charge is -2.25. The van der Waals surface area contributed by atoms with E-state index in [0.29, 0.717) is 13.2 Å². The molecule has 0 N–H and O–H groups in total. The fourth-order valence-corrected chi connectivity index (χ4v) is 3.33. The summed E-state index contributed by atoms with van der Waals surface area (Å²) in [5, 5.41) is 8.64. The molecule has 1 saturated heterocycles. The van der Waals surface area contributed by atoms with Crippen LogP contribution in [0.3, 0.4) is 0 Å². The zero-order chi connectivity index (χ0) is 17.9. The highest BCUT2D eigenvalue weighted by Gasteiger charge is 2.31. The summed E-state index contributed by atoms with van der Waals surface area (Å²) in [6, 6.07) is 16.4. The first-order chi connectivity index (χ1) is 12.7. The summed E-state index contributed by atoms with van der Waals surface area (Å²) in [5.41, 5.74) is 4.26. The zero-order valence-electron chi connectivity index (χ0n) is 15.0. The first-order valence-electron chi connectivity index (χ1n) is 8.71. The molecule has 6 heteroatoms. The molecule has 0 aliphatic carbocycles. The second-order valence-electron chi connectivity index (χ2n) is 6.42. The molecule has 0 unspecified atom stereocenters. The molecule has 1 aliphatic heterocycles. The molecule has 6 nitrogen and oxygen atoms in total. The van der Waals surface area contributed by atoms with Crippen molar-refractivity contribution in [3.05, 3.63) is 71.5 Å². The van der Waals surface area contributed by atoms with Crippen molar-refractivity contribution in [3.8, 4) is 5.75 Å². The van der Waals surface area contributed by atoms with Crippen LogP contribution in [0.2, 0.25) is 0 Å². The minimum Gasteiger partial charge on any atom is -0.495 e. The van der Waals surface area contributed by atoms with Gasteiger partial charge in [-0.15, -0.1) is 5.10 Å². The van der Waals surface area contributed by atoms with Gasteiger partial charge in [0.15, 0.2) is 6.23 Å². The SMILES string of the molecule is COc1ccccc1N1CCO[C@@H]1c1cn(Cc2cccc(C)c2)nn1. The standard InChI is InChI=1S/C20H22N4O2/c1-15-6-5-7-16(12-15)13-23-14-17(21-22-23)20-24(10-11-26-20)18-8-3-4-9-19(18)25-2/h3-9,12,14,20H,10-11,13H2,1-2H3/t20-/m1/s1. The Labute approximate surface area is 153 Å². The van der Waals surface area contributed by atoms with Gasteiger partial charge < -0.3 is 14.4 Å². The molecular weight excluding hydrogens is 328 g/mol. The Morgan fingerprint density at radius 1 is 1.19 bits per heavy atom. The Morgan fingerprint density at radius 2 is 2.08 bits per heavy atom. The van der Waals surface area contributed by atoms with Crippen LogP contribution < -0.4 is 9.64 Å². The first-order valence-corrected chi connectivity index (χ1v) is 8.71. The number of ether oxygens (including phenoxy) is 2. The molecule has 134 valence electrons. The molecule has 0 bridgehead atoms. The van der Waals surface area contributed by atoms with E-state index in [-0.39, 0.29) is 6.23 Å². The van der Waals surface area contributed by atoms with E-state index >= 15 is 0 Å². The van der Waals surface area contributed by atoms with Crippen LogP contribution in [0.4, 0.5) is 5.69 Å². The summed E-state index contributed by atoms with van der Waals surface area (Å²) in [6.45, 7) is 4.22. The number of aromatic nitrogens is 3. The fourth-order valence-electron chi connectivity index (χ4n) is 3.33. The van der Waals surface area contributed by atoms with Gasteiger partial charge in [-0.2, -0.15) is 0 Å². The van der Waals surface area contributed by atoms with Crippen molar-refractivity contribution < 1.29 is 9.47 Å². The molecular formula is C20H22N4O2. The summed E-state index contributed by atoms with van der Waals surface area (Å²) in [5.74, 6) is 0.829. The van der Waals surface area contributed by atoms with E-state index in [1.807, 2.05) is 35.1 Å². The van der Waals surface area contributed by atoms with Crippen LogP contribution in [0.1, 0.15) is 23.0 Å². The quantitative estimate of drug-likeness (QED) is 0.707. The van der Waals surface area contributed by atoms with Crippen molar-refractivity contribution in [2.24, 2.45) is 0 Å². The summed E-state index contributed by atoms with van der Waals surface area (Å²) in [6.07, 6.45) is 1.71. The van der Waals surface area contributed by atoms with Gasteiger partial charge in [0.25, 0.3) is 0 Å². The molecule has 2 heterocycles. The Morgan fingerprint density at radius 3 is 2.92 bits per heavy atom. The van der Waals surface area contributed by atoms with Gasteiger partial charge in [-0.25, -0.2) is 4.68 Å². The minimum absolute atomic E-state index is 0.252. The molecule has 0 spiro atoms. The first kappa shape index (κ1) is 16.6. The molecule has 2 aromatic carbocycles. The molecule has 1 atom stereocenters. The molecule has 0 radical (unpaired) electrons. The monoisotopic (exact) mass is 350 g/mol. The van der Waals surface area contributed by atoms with E-state index in [0.717, 1.165) is 23.7 Å². The van der Waals surface area contributed by atoms with Gasteiger partial charge in [0.05, 0.1) is 32.1 Å². The van der Waals surface area contributed by atoms with Gasteiger partial charge in [-0.1, -0.05) is 47.2 Å². The number of anilines is 1. The summed E-state index contributed by atoms with van der Waals surface area (Å²) >= 11 is 0. The van der Waals surface area contributed by atoms with Crippen LogP contribution in [0, 0.1) is 6.92 Å². The maximum absolute atomic E-state index is 5.94. The van der Waals surface area contributed by atoms with E-state index < -0.39 is 0 Å². The summed E-state index contributed by atoms with van der Waals surface area (Å²) in [7, 11) is 1.68. The lowest BCUT2D eigenvalue weighted by atomic mass is 10.1. The third-order valence-electron chi connectivity index (χ3n) is 4.52. The van der Waals surface area contributed by atoms with Gasteiger partial charge in [-0.3, -0.25) is 0 Å². The van der Waals surface area contributed by atoms with Crippen molar-refractivity contribution >= 4 is 5.69 Å². The zero-order valence-corrected chi connectivity index (χ0v) is 15.0.